The molecular formula is C16H28O2. The second-order valence-corrected chi connectivity index (χ2v) is 7.59. The van der Waals surface area contributed by atoms with E-state index in [1.165, 1.54) is 38.5 Å². The van der Waals surface area contributed by atoms with Crippen LogP contribution in [0.3, 0.4) is 0 Å². The van der Waals surface area contributed by atoms with E-state index in [1.54, 1.807) is 0 Å². The maximum Gasteiger partial charge on any atom is 0.0728 e. The van der Waals surface area contributed by atoms with Crippen LogP contribution in [-0.4, -0.2) is 22.9 Å². The lowest BCUT2D eigenvalue weighted by molar-refractivity contribution is -0.166. The number of hydrogen-bond acceptors (Lipinski definition) is 2. The normalized spacial score (nSPS) is 42.5. The van der Waals surface area contributed by atoms with E-state index >= 15 is 0 Å². The Hall–Kier alpha value is -0.0800. The highest BCUT2D eigenvalue weighted by molar-refractivity contribution is 5.06. The van der Waals surface area contributed by atoms with Crippen molar-refractivity contribution in [1.82, 2.24) is 0 Å². The summed E-state index contributed by atoms with van der Waals surface area (Å²) in [5, 5.41) is 11.2. The summed E-state index contributed by atoms with van der Waals surface area (Å²) in [5.74, 6) is 0.460. The van der Waals surface area contributed by atoms with Crippen LogP contribution in [0.1, 0.15) is 71.6 Å². The summed E-state index contributed by atoms with van der Waals surface area (Å²) in [5.41, 5.74) is -0.210. The molecule has 0 aromatic rings. The van der Waals surface area contributed by atoms with E-state index in [0.29, 0.717) is 5.92 Å². The van der Waals surface area contributed by atoms with E-state index in [1.807, 2.05) is 0 Å². The summed E-state index contributed by atoms with van der Waals surface area (Å²) in [6, 6.07) is 0. The Labute approximate surface area is 111 Å². The smallest absolute Gasteiger partial charge is 0.0728 e. The van der Waals surface area contributed by atoms with Gasteiger partial charge in [0.2, 0.25) is 0 Å². The molecular weight excluding hydrogens is 224 g/mol. The van der Waals surface area contributed by atoms with Gasteiger partial charge in [0, 0.05) is 6.61 Å². The van der Waals surface area contributed by atoms with Crippen molar-refractivity contribution in [3.8, 4) is 0 Å². The second-order valence-electron chi connectivity index (χ2n) is 7.59. The average Bonchev–Trinajstić information content (AvgIpc) is 2.86. The average molecular weight is 252 g/mol. The van der Waals surface area contributed by atoms with Gasteiger partial charge in [0.1, 0.15) is 0 Å². The first-order valence-corrected chi connectivity index (χ1v) is 7.84. The van der Waals surface area contributed by atoms with Crippen LogP contribution in [0.2, 0.25) is 0 Å². The number of rotatable bonds is 1. The second kappa shape index (κ2) is 4.21. The first-order chi connectivity index (χ1) is 8.48. The molecule has 1 saturated heterocycles. The van der Waals surface area contributed by atoms with E-state index in [0.717, 1.165) is 25.9 Å². The van der Waals surface area contributed by atoms with Gasteiger partial charge in [-0.1, -0.05) is 26.7 Å². The number of aliphatic hydroxyl groups is 1. The van der Waals surface area contributed by atoms with Crippen molar-refractivity contribution < 1.29 is 9.84 Å². The molecule has 104 valence electrons. The number of hydrogen-bond donors (Lipinski definition) is 1. The molecule has 2 unspecified atom stereocenters. The molecule has 2 atom stereocenters. The molecule has 0 aromatic carbocycles. The molecule has 3 aliphatic rings. The molecule has 0 bridgehead atoms. The van der Waals surface area contributed by atoms with Gasteiger partial charge in [-0.25, -0.2) is 0 Å². The highest BCUT2D eigenvalue weighted by Crippen LogP contribution is 2.55. The Bertz CT molecular complexity index is 317. The minimum absolute atomic E-state index is 0.0921. The first-order valence-electron chi connectivity index (χ1n) is 7.84. The molecule has 0 radical (unpaired) electrons. The molecule has 2 saturated carbocycles. The van der Waals surface area contributed by atoms with Crippen molar-refractivity contribution in [2.24, 2.45) is 11.3 Å². The Morgan fingerprint density at radius 1 is 1.00 bits per heavy atom. The van der Waals surface area contributed by atoms with Gasteiger partial charge in [-0.15, -0.1) is 0 Å². The van der Waals surface area contributed by atoms with Crippen molar-refractivity contribution in [2.45, 2.75) is 82.8 Å². The van der Waals surface area contributed by atoms with Gasteiger partial charge in [-0.05, 0) is 56.3 Å². The fourth-order valence-electron chi connectivity index (χ4n) is 4.91. The zero-order valence-corrected chi connectivity index (χ0v) is 12.0. The monoisotopic (exact) mass is 252 g/mol. The maximum atomic E-state index is 11.2. The fraction of sp³-hybridized carbons (Fsp3) is 1.00. The molecule has 1 heterocycles. The zero-order valence-electron chi connectivity index (χ0n) is 12.0. The third kappa shape index (κ3) is 1.84. The summed E-state index contributed by atoms with van der Waals surface area (Å²) in [6.07, 6.45) is 10.6. The van der Waals surface area contributed by atoms with Crippen molar-refractivity contribution >= 4 is 0 Å². The van der Waals surface area contributed by atoms with Crippen LogP contribution in [0.4, 0.5) is 0 Å². The Kier molecular flexibility index (Phi) is 3.02. The predicted molar refractivity (Wildman–Crippen MR) is 72.5 cm³/mol. The Morgan fingerprint density at radius 3 is 2.33 bits per heavy atom. The highest BCUT2D eigenvalue weighted by Gasteiger charge is 2.55. The molecule has 3 rings (SSSR count). The van der Waals surface area contributed by atoms with Gasteiger partial charge in [-0.2, -0.15) is 0 Å². The van der Waals surface area contributed by atoms with Gasteiger partial charge in [0.25, 0.3) is 0 Å². The van der Waals surface area contributed by atoms with Crippen LogP contribution < -0.4 is 0 Å². The SMILES string of the molecule is CC1(C)CCCC1(O)C1CCOC2(CCCC2)C1. The van der Waals surface area contributed by atoms with Crippen LogP contribution in [0.15, 0.2) is 0 Å². The molecule has 2 heteroatoms. The molecule has 3 fully saturated rings. The van der Waals surface area contributed by atoms with Gasteiger partial charge in [0.05, 0.1) is 11.2 Å². The van der Waals surface area contributed by atoms with Crippen molar-refractivity contribution in [3.05, 3.63) is 0 Å². The predicted octanol–water partition coefficient (Wildman–Crippen LogP) is 3.67. The molecule has 2 nitrogen and oxygen atoms in total. The molecule has 2 aliphatic carbocycles. The van der Waals surface area contributed by atoms with Crippen molar-refractivity contribution in [3.63, 3.8) is 0 Å². The lowest BCUT2D eigenvalue weighted by Crippen LogP contribution is -2.52. The summed E-state index contributed by atoms with van der Waals surface area (Å²) in [4.78, 5) is 0. The van der Waals surface area contributed by atoms with Crippen LogP contribution in [-0.2, 0) is 4.74 Å². The summed E-state index contributed by atoms with van der Waals surface area (Å²) in [7, 11) is 0. The molecule has 18 heavy (non-hydrogen) atoms. The minimum atomic E-state index is -0.438. The standard InChI is InChI=1S/C16H28O2/c1-14(2)7-5-10-16(14,17)13-6-11-18-15(12-13)8-3-4-9-15/h13,17H,3-12H2,1-2H3. The Balaban J connectivity index is 1.80. The summed E-state index contributed by atoms with van der Waals surface area (Å²) in [6.45, 7) is 5.39. The van der Waals surface area contributed by atoms with Gasteiger partial charge in [0.15, 0.2) is 0 Å². The molecule has 1 aliphatic heterocycles. The molecule has 1 N–H and O–H groups in total. The zero-order chi connectivity index (χ0) is 12.9. The van der Waals surface area contributed by atoms with Gasteiger partial charge >= 0.3 is 0 Å². The quantitative estimate of drug-likeness (QED) is 0.771. The van der Waals surface area contributed by atoms with Crippen LogP contribution in [0, 0.1) is 11.3 Å². The van der Waals surface area contributed by atoms with Crippen LogP contribution in [0.5, 0.6) is 0 Å². The first kappa shape index (κ1) is 12.9. The van der Waals surface area contributed by atoms with Crippen molar-refractivity contribution in [2.75, 3.05) is 6.61 Å². The summed E-state index contributed by atoms with van der Waals surface area (Å²) < 4.78 is 6.12. The largest absolute Gasteiger partial charge is 0.389 e. The van der Waals surface area contributed by atoms with Crippen molar-refractivity contribution in [1.29, 1.82) is 0 Å². The van der Waals surface area contributed by atoms with E-state index in [4.69, 9.17) is 4.74 Å². The van der Waals surface area contributed by atoms with Crippen LogP contribution >= 0.6 is 0 Å². The fourth-order valence-corrected chi connectivity index (χ4v) is 4.91. The maximum absolute atomic E-state index is 11.2. The van der Waals surface area contributed by atoms with E-state index in [2.05, 4.69) is 13.8 Å². The third-order valence-corrected chi connectivity index (χ3v) is 6.21. The topological polar surface area (TPSA) is 29.5 Å². The van der Waals surface area contributed by atoms with E-state index in [-0.39, 0.29) is 11.0 Å². The van der Waals surface area contributed by atoms with Gasteiger partial charge in [-0.3, -0.25) is 0 Å². The lowest BCUT2D eigenvalue weighted by Gasteiger charge is -2.49. The number of ether oxygens (including phenoxy) is 1. The van der Waals surface area contributed by atoms with Gasteiger partial charge < -0.3 is 9.84 Å². The van der Waals surface area contributed by atoms with E-state index < -0.39 is 5.60 Å². The highest BCUT2D eigenvalue weighted by atomic mass is 16.5. The molecule has 0 aromatic heterocycles. The van der Waals surface area contributed by atoms with Crippen LogP contribution in [0.25, 0.3) is 0 Å². The van der Waals surface area contributed by atoms with E-state index in [9.17, 15) is 5.11 Å². The summed E-state index contributed by atoms with van der Waals surface area (Å²) >= 11 is 0. The lowest BCUT2D eigenvalue weighted by atomic mass is 9.65. The minimum Gasteiger partial charge on any atom is -0.389 e. The third-order valence-electron chi connectivity index (χ3n) is 6.21. The molecule has 1 spiro atoms. The Morgan fingerprint density at radius 2 is 1.72 bits per heavy atom. The molecule has 0 amide bonds.